The minimum Gasteiger partial charge on any atom is -0.375 e. The lowest BCUT2D eigenvalue weighted by Gasteiger charge is -1.90. The first-order chi connectivity index (χ1) is 3.77. The Bertz CT molecular complexity index is 99.5. The zero-order valence-corrected chi connectivity index (χ0v) is 5.53. The van der Waals surface area contributed by atoms with Crippen molar-refractivity contribution in [2.24, 2.45) is 10.8 Å². The van der Waals surface area contributed by atoms with Crippen LogP contribution < -0.4 is 11.2 Å². The first-order valence-corrected chi connectivity index (χ1v) is 2.75. The SMILES string of the molecule is CC/C=N/NC(N)=S. The van der Waals surface area contributed by atoms with Gasteiger partial charge in [0.2, 0.25) is 0 Å². The van der Waals surface area contributed by atoms with Crippen LogP contribution in [0.25, 0.3) is 0 Å². The Labute approximate surface area is 53.9 Å². The van der Waals surface area contributed by atoms with Crippen molar-refractivity contribution in [3.05, 3.63) is 0 Å². The fourth-order valence-corrected chi connectivity index (χ4v) is 0.253. The zero-order valence-electron chi connectivity index (χ0n) is 4.72. The van der Waals surface area contributed by atoms with Crippen molar-refractivity contribution in [3.63, 3.8) is 0 Å². The monoisotopic (exact) mass is 131 g/mol. The van der Waals surface area contributed by atoms with Gasteiger partial charge >= 0.3 is 0 Å². The molecule has 0 aliphatic heterocycles. The molecule has 0 heterocycles. The molecule has 0 saturated heterocycles. The summed E-state index contributed by atoms with van der Waals surface area (Å²) in [5.74, 6) is 0. The zero-order chi connectivity index (χ0) is 6.41. The van der Waals surface area contributed by atoms with Crippen molar-refractivity contribution in [2.45, 2.75) is 13.3 Å². The molecule has 4 heteroatoms. The van der Waals surface area contributed by atoms with Crippen LogP contribution in [0.4, 0.5) is 0 Å². The normalized spacial score (nSPS) is 9.62. The second-order valence-corrected chi connectivity index (χ2v) is 1.64. The van der Waals surface area contributed by atoms with E-state index in [0.29, 0.717) is 0 Å². The fraction of sp³-hybridized carbons (Fsp3) is 0.500. The Morgan fingerprint density at radius 3 is 3.00 bits per heavy atom. The highest BCUT2D eigenvalue weighted by molar-refractivity contribution is 7.80. The molecule has 0 aliphatic rings. The third kappa shape index (κ3) is 5.36. The largest absolute Gasteiger partial charge is 0.375 e. The molecule has 8 heavy (non-hydrogen) atoms. The van der Waals surface area contributed by atoms with Crippen LogP contribution in [-0.2, 0) is 0 Å². The molecule has 0 aromatic heterocycles. The van der Waals surface area contributed by atoms with Gasteiger partial charge in [0.25, 0.3) is 0 Å². The van der Waals surface area contributed by atoms with Crippen LogP contribution in [0.15, 0.2) is 5.10 Å². The molecule has 0 rings (SSSR count). The van der Waals surface area contributed by atoms with Gasteiger partial charge in [-0.15, -0.1) is 0 Å². The van der Waals surface area contributed by atoms with E-state index in [0.717, 1.165) is 6.42 Å². The third-order valence-electron chi connectivity index (χ3n) is 0.449. The van der Waals surface area contributed by atoms with Gasteiger partial charge in [-0.2, -0.15) is 5.10 Å². The predicted molar refractivity (Wildman–Crippen MR) is 38.7 cm³/mol. The molecule has 0 atom stereocenters. The average Bonchev–Trinajstić information content (AvgIpc) is 1.66. The summed E-state index contributed by atoms with van der Waals surface area (Å²) in [6.07, 6.45) is 2.58. The highest BCUT2D eigenvalue weighted by atomic mass is 32.1. The predicted octanol–water partition coefficient (Wildman–Crippen LogP) is 0.215. The molecule has 0 spiro atoms. The summed E-state index contributed by atoms with van der Waals surface area (Å²) in [4.78, 5) is 0. The fourth-order valence-electron chi connectivity index (χ4n) is 0.201. The van der Waals surface area contributed by atoms with Gasteiger partial charge in [0, 0.05) is 6.21 Å². The molecule has 46 valence electrons. The van der Waals surface area contributed by atoms with E-state index in [1.807, 2.05) is 6.92 Å². The van der Waals surface area contributed by atoms with E-state index in [1.165, 1.54) is 0 Å². The summed E-state index contributed by atoms with van der Waals surface area (Å²) in [6.45, 7) is 1.98. The average molecular weight is 131 g/mol. The smallest absolute Gasteiger partial charge is 0.184 e. The Morgan fingerprint density at radius 2 is 2.62 bits per heavy atom. The van der Waals surface area contributed by atoms with E-state index >= 15 is 0 Å². The molecule has 0 aromatic rings. The number of nitrogens with zero attached hydrogens (tertiary/aromatic N) is 1. The molecule has 0 saturated carbocycles. The molecule has 0 amide bonds. The Hall–Kier alpha value is -0.640. The number of nitrogens with one attached hydrogen (secondary N) is 1. The standard InChI is InChI=1S/C4H9N3S/c1-2-3-6-7-4(5)8/h3H,2H2,1H3,(H3,5,7,8)/b6-3+. The molecule has 0 fully saturated rings. The lowest BCUT2D eigenvalue weighted by atomic mass is 10.6. The van der Waals surface area contributed by atoms with Crippen LogP contribution in [0.1, 0.15) is 13.3 Å². The maximum Gasteiger partial charge on any atom is 0.184 e. The van der Waals surface area contributed by atoms with Crippen molar-refractivity contribution in [2.75, 3.05) is 0 Å². The summed E-state index contributed by atoms with van der Waals surface area (Å²) in [7, 11) is 0. The maximum atomic E-state index is 5.04. The number of hydrogen-bond acceptors (Lipinski definition) is 2. The lowest BCUT2D eigenvalue weighted by molar-refractivity contribution is 1.03. The molecule has 0 bridgehead atoms. The van der Waals surface area contributed by atoms with E-state index in [2.05, 4.69) is 22.7 Å². The number of rotatable bonds is 2. The molecular formula is C4H9N3S. The Morgan fingerprint density at radius 1 is 2.00 bits per heavy atom. The second-order valence-electron chi connectivity index (χ2n) is 1.20. The van der Waals surface area contributed by atoms with E-state index in [9.17, 15) is 0 Å². The highest BCUT2D eigenvalue weighted by Crippen LogP contribution is 1.64. The van der Waals surface area contributed by atoms with Crippen molar-refractivity contribution >= 4 is 23.5 Å². The number of hydrogen-bond donors (Lipinski definition) is 2. The summed E-state index contributed by atoms with van der Waals surface area (Å²) in [5, 5.41) is 3.85. The molecule has 0 aromatic carbocycles. The molecule has 3 nitrogen and oxygen atoms in total. The van der Waals surface area contributed by atoms with Crippen LogP contribution in [0.2, 0.25) is 0 Å². The quantitative estimate of drug-likeness (QED) is 0.320. The van der Waals surface area contributed by atoms with Crippen molar-refractivity contribution < 1.29 is 0 Å². The molecular weight excluding hydrogens is 122 g/mol. The lowest BCUT2D eigenvalue weighted by Crippen LogP contribution is -2.23. The number of nitrogens with two attached hydrogens (primary N) is 1. The Balaban J connectivity index is 3.16. The molecule has 3 N–H and O–H groups in total. The van der Waals surface area contributed by atoms with Crippen LogP contribution in [0.3, 0.4) is 0 Å². The number of thiocarbonyl (C=S) groups is 1. The first-order valence-electron chi connectivity index (χ1n) is 2.34. The highest BCUT2D eigenvalue weighted by Gasteiger charge is 1.74. The minimum atomic E-state index is 0.203. The van der Waals surface area contributed by atoms with Crippen molar-refractivity contribution in [3.8, 4) is 0 Å². The van der Waals surface area contributed by atoms with Gasteiger partial charge in [-0.25, -0.2) is 0 Å². The van der Waals surface area contributed by atoms with Gasteiger partial charge in [-0.1, -0.05) is 6.92 Å². The van der Waals surface area contributed by atoms with Gasteiger partial charge in [0.15, 0.2) is 5.11 Å². The summed E-state index contributed by atoms with van der Waals surface area (Å²) >= 11 is 4.46. The summed E-state index contributed by atoms with van der Waals surface area (Å²) < 4.78 is 0. The van der Waals surface area contributed by atoms with E-state index in [4.69, 9.17) is 5.73 Å². The van der Waals surface area contributed by atoms with E-state index in [-0.39, 0.29) is 5.11 Å². The van der Waals surface area contributed by atoms with Gasteiger partial charge < -0.3 is 5.73 Å². The van der Waals surface area contributed by atoms with Crippen LogP contribution in [0, 0.1) is 0 Å². The van der Waals surface area contributed by atoms with Gasteiger partial charge in [-0.3, -0.25) is 5.43 Å². The topological polar surface area (TPSA) is 50.4 Å². The van der Waals surface area contributed by atoms with Crippen LogP contribution in [-0.4, -0.2) is 11.3 Å². The summed E-state index contributed by atoms with van der Waals surface area (Å²) in [6, 6.07) is 0. The van der Waals surface area contributed by atoms with Crippen LogP contribution >= 0.6 is 12.2 Å². The molecule has 0 aliphatic carbocycles. The maximum absolute atomic E-state index is 5.04. The van der Waals surface area contributed by atoms with Crippen molar-refractivity contribution in [1.82, 2.24) is 5.43 Å². The third-order valence-corrected chi connectivity index (χ3v) is 0.540. The van der Waals surface area contributed by atoms with Gasteiger partial charge in [0.05, 0.1) is 0 Å². The van der Waals surface area contributed by atoms with Crippen LogP contribution in [0.5, 0.6) is 0 Å². The molecule has 0 radical (unpaired) electrons. The minimum absolute atomic E-state index is 0.203. The van der Waals surface area contributed by atoms with Gasteiger partial charge in [0.1, 0.15) is 0 Å². The Kier molecular flexibility index (Phi) is 4.16. The van der Waals surface area contributed by atoms with E-state index in [1.54, 1.807) is 6.21 Å². The van der Waals surface area contributed by atoms with Gasteiger partial charge in [-0.05, 0) is 18.6 Å². The number of hydrazone groups is 1. The molecule has 0 unspecified atom stereocenters. The second kappa shape index (κ2) is 4.52. The first kappa shape index (κ1) is 7.36. The van der Waals surface area contributed by atoms with E-state index < -0.39 is 0 Å². The van der Waals surface area contributed by atoms with Crippen molar-refractivity contribution in [1.29, 1.82) is 0 Å². The summed E-state index contributed by atoms with van der Waals surface area (Å²) in [5.41, 5.74) is 7.46.